The largest absolute Gasteiger partial charge is 0.310 e. The second-order valence-corrected chi connectivity index (χ2v) is 5.29. The Morgan fingerprint density at radius 3 is 2.62 bits per heavy atom. The highest BCUT2D eigenvalue weighted by Crippen LogP contribution is 2.48. The highest BCUT2D eigenvalue weighted by atomic mass is 15.2. The number of likely N-dealkylation sites (tertiary alicyclic amines) is 1. The number of hydrogen-bond donors (Lipinski definition) is 1. The van der Waals surface area contributed by atoms with Crippen molar-refractivity contribution in [1.29, 1.82) is 0 Å². The van der Waals surface area contributed by atoms with Crippen molar-refractivity contribution >= 4 is 0 Å². The molecule has 13 heavy (non-hydrogen) atoms. The molecule has 0 amide bonds. The minimum absolute atomic E-state index is 0.626. The number of nitrogens with one attached hydrogen (secondary N) is 1. The van der Waals surface area contributed by atoms with E-state index in [9.17, 15) is 0 Å². The molecule has 2 aliphatic rings. The summed E-state index contributed by atoms with van der Waals surface area (Å²) in [5.41, 5.74) is 0.626. The summed E-state index contributed by atoms with van der Waals surface area (Å²) in [6.07, 6.45) is 4.17. The van der Waals surface area contributed by atoms with Crippen molar-refractivity contribution in [1.82, 2.24) is 10.2 Å². The predicted molar refractivity (Wildman–Crippen MR) is 55.8 cm³/mol. The zero-order valence-electron chi connectivity index (χ0n) is 9.14. The van der Waals surface area contributed by atoms with E-state index in [1.807, 2.05) is 0 Å². The Labute approximate surface area is 81.7 Å². The Balaban J connectivity index is 1.78. The predicted octanol–water partition coefficient (Wildman–Crippen LogP) is 1.47. The second kappa shape index (κ2) is 3.25. The summed E-state index contributed by atoms with van der Waals surface area (Å²) < 4.78 is 0. The molecule has 0 radical (unpaired) electrons. The molecule has 2 fully saturated rings. The van der Waals surface area contributed by atoms with Crippen molar-refractivity contribution in [3.8, 4) is 0 Å². The average Bonchev–Trinajstić information content (AvgIpc) is 2.69. The number of likely N-dealkylation sites (N-methyl/N-ethyl adjacent to an activating group) is 1. The Kier molecular flexibility index (Phi) is 2.37. The van der Waals surface area contributed by atoms with Crippen LogP contribution in [0.1, 0.15) is 33.1 Å². The molecule has 2 unspecified atom stereocenters. The van der Waals surface area contributed by atoms with Gasteiger partial charge in [-0.3, -0.25) is 0 Å². The van der Waals surface area contributed by atoms with Gasteiger partial charge in [-0.25, -0.2) is 0 Å². The standard InChI is InChI=1S/C11H22N2/c1-9(11(2)5-6-11)12-10-4-7-13(3)8-10/h9-10,12H,4-8H2,1-3H3. The van der Waals surface area contributed by atoms with Crippen LogP contribution in [0.25, 0.3) is 0 Å². The molecule has 2 nitrogen and oxygen atoms in total. The van der Waals surface area contributed by atoms with Crippen molar-refractivity contribution in [2.45, 2.75) is 45.2 Å². The molecule has 1 saturated carbocycles. The SMILES string of the molecule is CC(NC1CCN(C)C1)C1(C)CC1. The molecule has 0 aromatic rings. The zero-order valence-corrected chi connectivity index (χ0v) is 9.14. The van der Waals surface area contributed by atoms with E-state index in [-0.39, 0.29) is 0 Å². The van der Waals surface area contributed by atoms with E-state index in [4.69, 9.17) is 0 Å². The normalized spacial score (nSPS) is 34.8. The van der Waals surface area contributed by atoms with Crippen molar-refractivity contribution < 1.29 is 0 Å². The summed E-state index contributed by atoms with van der Waals surface area (Å²) in [5, 5.41) is 3.77. The van der Waals surface area contributed by atoms with Crippen molar-refractivity contribution in [2.24, 2.45) is 5.41 Å². The lowest BCUT2D eigenvalue weighted by molar-refractivity contribution is 0.329. The molecule has 2 atom stereocenters. The summed E-state index contributed by atoms with van der Waals surface area (Å²) >= 11 is 0. The summed E-state index contributed by atoms with van der Waals surface area (Å²) in [6, 6.07) is 1.46. The summed E-state index contributed by atoms with van der Waals surface area (Å²) in [5.74, 6) is 0. The highest BCUT2D eigenvalue weighted by molar-refractivity contribution is 4.98. The van der Waals surface area contributed by atoms with Gasteiger partial charge in [-0.1, -0.05) is 6.92 Å². The summed E-state index contributed by atoms with van der Waals surface area (Å²) in [6.45, 7) is 7.26. The molecule has 0 aromatic heterocycles. The van der Waals surface area contributed by atoms with E-state index >= 15 is 0 Å². The first kappa shape index (κ1) is 9.47. The maximum Gasteiger partial charge on any atom is 0.0209 e. The van der Waals surface area contributed by atoms with Gasteiger partial charge >= 0.3 is 0 Å². The molecular weight excluding hydrogens is 160 g/mol. The van der Waals surface area contributed by atoms with Gasteiger partial charge in [-0.15, -0.1) is 0 Å². The third kappa shape index (κ3) is 2.05. The number of nitrogens with zero attached hydrogens (tertiary/aromatic N) is 1. The lowest BCUT2D eigenvalue weighted by Crippen LogP contribution is -2.42. The van der Waals surface area contributed by atoms with E-state index in [1.54, 1.807) is 0 Å². The summed E-state index contributed by atoms with van der Waals surface area (Å²) in [7, 11) is 2.21. The molecule has 2 rings (SSSR count). The fourth-order valence-corrected chi connectivity index (χ4v) is 2.26. The Morgan fingerprint density at radius 2 is 2.15 bits per heavy atom. The van der Waals surface area contributed by atoms with Crippen LogP contribution in [0.3, 0.4) is 0 Å². The molecule has 0 bridgehead atoms. The molecule has 1 saturated heterocycles. The van der Waals surface area contributed by atoms with Gasteiger partial charge < -0.3 is 10.2 Å². The van der Waals surface area contributed by atoms with E-state index in [2.05, 4.69) is 31.1 Å². The van der Waals surface area contributed by atoms with Gasteiger partial charge in [0.15, 0.2) is 0 Å². The molecule has 1 heterocycles. The van der Waals surface area contributed by atoms with E-state index < -0.39 is 0 Å². The Bertz CT molecular complexity index is 187. The molecule has 76 valence electrons. The van der Waals surface area contributed by atoms with E-state index in [0.29, 0.717) is 11.5 Å². The van der Waals surface area contributed by atoms with Gasteiger partial charge in [0, 0.05) is 18.6 Å². The zero-order chi connectivity index (χ0) is 9.47. The van der Waals surface area contributed by atoms with Gasteiger partial charge in [0.2, 0.25) is 0 Å². The molecular formula is C11H22N2. The summed E-state index contributed by atoms with van der Waals surface area (Å²) in [4.78, 5) is 2.42. The van der Waals surface area contributed by atoms with E-state index in [1.165, 1.54) is 32.4 Å². The topological polar surface area (TPSA) is 15.3 Å². The van der Waals surface area contributed by atoms with Crippen LogP contribution in [0.4, 0.5) is 0 Å². The van der Waals surface area contributed by atoms with Gasteiger partial charge in [0.05, 0.1) is 0 Å². The van der Waals surface area contributed by atoms with Crippen LogP contribution in [0.5, 0.6) is 0 Å². The first-order valence-corrected chi connectivity index (χ1v) is 5.55. The fourth-order valence-electron chi connectivity index (χ4n) is 2.26. The molecule has 2 heteroatoms. The van der Waals surface area contributed by atoms with E-state index in [0.717, 1.165) is 6.04 Å². The van der Waals surface area contributed by atoms with Crippen molar-refractivity contribution in [2.75, 3.05) is 20.1 Å². The lowest BCUT2D eigenvalue weighted by atomic mass is 10.00. The lowest BCUT2D eigenvalue weighted by Gasteiger charge is -2.24. The monoisotopic (exact) mass is 182 g/mol. The minimum atomic E-state index is 0.626. The Hall–Kier alpha value is -0.0800. The van der Waals surface area contributed by atoms with Gasteiger partial charge in [0.25, 0.3) is 0 Å². The molecule has 1 aliphatic carbocycles. The van der Waals surface area contributed by atoms with Crippen molar-refractivity contribution in [3.63, 3.8) is 0 Å². The van der Waals surface area contributed by atoms with Crippen LogP contribution >= 0.6 is 0 Å². The molecule has 1 N–H and O–H groups in total. The van der Waals surface area contributed by atoms with Crippen LogP contribution < -0.4 is 5.32 Å². The van der Waals surface area contributed by atoms with Gasteiger partial charge in [0.1, 0.15) is 0 Å². The number of hydrogen-bond acceptors (Lipinski definition) is 2. The fraction of sp³-hybridized carbons (Fsp3) is 1.00. The van der Waals surface area contributed by atoms with Crippen LogP contribution in [-0.2, 0) is 0 Å². The third-order valence-corrected chi connectivity index (χ3v) is 3.96. The first-order valence-electron chi connectivity index (χ1n) is 5.55. The van der Waals surface area contributed by atoms with Crippen LogP contribution in [0.15, 0.2) is 0 Å². The maximum absolute atomic E-state index is 3.77. The Morgan fingerprint density at radius 1 is 1.46 bits per heavy atom. The quantitative estimate of drug-likeness (QED) is 0.711. The molecule has 0 spiro atoms. The maximum atomic E-state index is 3.77. The molecule has 0 aromatic carbocycles. The number of rotatable bonds is 3. The third-order valence-electron chi connectivity index (χ3n) is 3.96. The first-order chi connectivity index (χ1) is 6.10. The average molecular weight is 182 g/mol. The van der Waals surface area contributed by atoms with Gasteiger partial charge in [-0.2, -0.15) is 0 Å². The molecule has 1 aliphatic heterocycles. The van der Waals surface area contributed by atoms with Crippen molar-refractivity contribution in [3.05, 3.63) is 0 Å². The minimum Gasteiger partial charge on any atom is -0.310 e. The second-order valence-electron chi connectivity index (χ2n) is 5.29. The smallest absolute Gasteiger partial charge is 0.0209 e. The van der Waals surface area contributed by atoms with Crippen LogP contribution in [-0.4, -0.2) is 37.1 Å². The van der Waals surface area contributed by atoms with Crippen LogP contribution in [0.2, 0.25) is 0 Å². The highest BCUT2D eigenvalue weighted by Gasteiger charge is 2.43. The van der Waals surface area contributed by atoms with Crippen LogP contribution in [0, 0.1) is 5.41 Å². The van der Waals surface area contributed by atoms with Gasteiger partial charge in [-0.05, 0) is 45.2 Å².